The monoisotopic (exact) mass is 357 g/mol. The number of halogens is 3. The molecule has 0 amide bonds. The van der Waals surface area contributed by atoms with Crippen LogP contribution in [0.3, 0.4) is 0 Å². The van der Waals surface area contributed by atoms with Gasteiger partial charge < -0.3 is 9.73 Å². The summed E-state index contributed by atoms with van der Waals surface area (Å²) in [4.78, 5) is 0. The van der Waals surface area contributed by atoms with Gasteiger partial charge in [-0.05, 0) is 47.1 Å². The maximum atomic E-state index is 14.3. The zero-order valence-electron chi connectivity index (χ0n) is 12.1. The lowest BCUT2D eigenvalue weighted by Gasteiger charge is -2.20. The van der Waals surface area contributed by atoms with Gasteiger partial charge in [0.15, 0.2) is 0 Å². The highest BCUT2D eigenvalue weighted by atomic mass is 79.9. The lowest BCUT2D eigenvalue weighted by molar-refractivity contribution is 0.492. The Balaban J connectivity index is 2.48. The first-order valence-electron chi connectivity index (χ1n) is 7.02. The molecule has 0 radical (unpaired) electrons. The van der Waals surface area contributed by atoms with Crippen LogP contribution in [0, 0.1) is 11.6 Å². The number of hydrogen-bond acceptors (Lipinski definition) is 2. The smallest absolute Gasteiger partial charge is 0.137 e. The van der Waals surface area contributed by atoms with Crippen molar-refractivity contribution in [2.75, 3.05) is 6.54 Å². The van der Waals surface area contributed by atoms with Crippen molar-refractivity contribution in [3.05, 3.63) is 57.5 Å². The average Bonchev–Trinajstić information content (AvgIpc) is 2.93. The van der Waals surface area contributed by atoms with Crippen molar-refractivity contribution in [3.8, 4) is 0 Å². The summed E-state index contributed by atoms with van der Waals surface area (Å²) in [5.74, 6) is -0.136. The SMILES string of the molecule is CCCNC(c1cc(F)c(Br)cc1F)c1ccoc1CC. The molecule has 0 aliphatic heterocycles. The van der Waals surface area contributed by atoms with Crippen LogP contribution in [-0.4, -0.2) is 6.54 Å². The zero-order valence-corrected chi connectivity index (χ0v) is 13.6. The maximum Gasteiger partial charge on any atom is 0.137 e. The fourth-order valence-corrected chi connectivity index (χ4v) is 2.65. The lowest BCUT2D eigenvalue weighted by Crippen LogP contribution is -2.24. The lowest BCUT2D eigenvalue weighted by atomic mass is 9.97. The molecule has 21 heavy (non-hydrogen) atoms. The van der Waals surface area contributed by atoms with E-state index in [0.717, 1.165) is 23.8 Å². The third-order valence-corrected chi connectivity index (χ3v) is 3.97. The van der Waals surface area contributed by atoms with Crippen molar-refractivity contribution in [2.45, 2.75) is 32.7 Å². The number of rotatable bonds is 6. The summed E-state index contributed by atoms with van der Waals surface area (Å²) in [6, 6.07) is 3.79. The second-order valence-corrected chi connectivity index (χ2v) is 5.68. The second kappa shape index (κ2) is 7.18. The Morgan fingerprint density at radius 1 is 1.19 bits per heavy atom. The number of benzene rings is 1. The van der Waals surface area contributed by atoms with Crippen molar-refractivity contribution in [2.24, 2.45) is 0 Å². The summed E-state index contributed by atoms with van der Waals surface area (Å²) in [5.41, 5.74) is 1.15. The van der Waals surface area contributed by atoms with E-state index in [1.807, 2.05) is 19.9 Å². The Kier molecular flexibility index (Phi) is 5.53. The van der Waals surface area contributed by atoms with Crippen LogP contribution >= 0.6 is 15.9 Å². The standard InChI is InChI=1S/C16H18BrF2NO/c1-3-6-20-16(10-5-7-21-15(10)4-2)11-8-14(19)12(17)9-13(11)18/h5,7-9,16,20H,3-4,6H2,1-2H3. The highest BCUT2D eigenvalue weighted by Crippen LogP contribution is 2.31. The van der Waals surface area contributed by atoms with Gasteiger partial charge in [-0.3, -0.25) is 0 Å². The Labute approximate surface area is 131 Å². The third-order valence-electron chi connectivity index (χ3n) is 3.36. The minimum atomic E-state index is -0.476. The molecule has 1 aromatic heterocycles. The van der Waals surface area contributed by atoms with E-state index in [1.165, 1.54) is 6.07 Å². The van der Waals surface area contributed by atoms with Crippen LogP contribution in [0.2, 0.25) is 0 Å². The fraction of sp³-hybridized carbons (Fsp3) is 0.375. The first kappa shape index (κ1) is 16.2. The van der Waals surface area contributed by atoms with Crippen molar-refractivity contribution in [1.29, 1.82) is 0 Å². The van der Waals surface area contributed by atoms with Gasteiger partial charge in [0.1, 0.15) is 17.4 Å². The van der Waals surface area contributed by atoms with Crippen LogP contribution in [0.1, 0.15) is 43.2 Å². The van der Waals surface area contributed by atoms with Crippen molar-refractivity contribution in [1.82, 2.24) is 5.32 Å². The summed E-state index contributed by atoms with van der Waals surface area (Å²) in [5, 5.41) is 3.27. The molecule has 0 spiro atoms. The third kappa shape index (κ3) is 3.52. The van der Waals surface area contributed by atoms with E-state index in [0.29, 0.717) is 18.5 Å². The molecule has 5 heteroatoms. The predicted octanol–water partition coefficient (Wildman–Crippen LogP) is 4.97. The molecule has 0 aliphatic carbocycles. The van der Waals surface area contributed by atoms with Crippen LogP contribution in [0.4, 0.5) is 8.78 Å². The molecular formula is C16H18BrF2NO. The molecule has 0 saturated carbocycles. The molecule has 1 N–H and O–H groups in total. The number of furan rings is 1. The maximum absolute atomic E-state index is 14.3. The first-order chi connectivity index (χ1) is 10.1. The molecule has 0 fully saturated rings. The summed E-state index contributed by atoms with van der Waals surface area (Å²) < 4.78 is 33.6. The van der Waals surface area contributed by atoms with E-state index >= 15 is 0 Å². The van der Waals surface area contributed by atoms with Crippen LogP contribution < -0.4 is 5.32 Å². The Morgan fingerprint density at radius 3 is 2.62 bits per heavy atom. The van der Waals surface area contributed by atoms with Gasteiger partial charge in [0.05, 0.1) is 16.8 Å². The van der Waals surface area contributed by atoms with Gasteiger partial charge in [0.25, 0.3) is 0 Å². The molecule has 2 nitrogen and oxygen atoms in total. The molecule has 2 rings (SSSR count). The van der Waals surface area contributed by atoms with Gasteiger partial charge in [0, 0.05) is 17.5 Å². The van der Waals surface area contributed by atoms with E-state index < -0.39 is 17.7 Å². The molecule has 1 aromatic carbocycles. The second-order valence-electron chi connectivity index (χ2n) is 4.83. The molecule has 1 atom stereocenters. The largest absolute Gasteiger partial charge is 0.469 e. The van der Waals surface area contributed by atoms with Crippen LogP contribution in [-0.2, 0) is 6.42 Å². The number of hydrogen-bond donors (Lipinski definition) is 1. The van der Waals surface area contributed by atoms with Crippen molar-refractivity contribution >= 4 is 15.9 Å². The highest BCUT2D eigenvalue weighted by Gasteiger charge is 2.23. The summed E-state index contributed by atoms with van der Waals surface area (Å²) >= 11 is 3.00. The van der Waals surface area contributed by atoms with Crippen LogP contribution in [0.15, 0.2) is 33.4 Å². The Bertz CT molecular complexity index is 612. The molecule has 2 aromatic rings. The minimum Gasteiger partial charge on any atom is -0.469 e. The topological polar surface area (TPSA) is 25.2 Å². The van der Waals surface area contributed by atoms with Gasteiger partial charge in [-0.25, -0.2) is 8.78 Å². The molecule has 0 saturated heterocycles. The van der Waals surface area contributed by atoms with Gasteiger partial charge in [-0.2, -0.15) is 0 Å². The molecule has 0 bridgehead atoms. The molecule has 0 aliphatic rings. The normalized spacial score (nSPS) is 12.6. The van der Waals surface area contributed by atoms with E-state index in [9.17, 15) is 8.78 Å². The average molecular weight is 358 g/mol. The van der Waals surface area contributed by atoms with E-state index in [-0.39, 0.29) is 4.47 Å². The zero-order chi connectivity index (χ0) is 15.4. The first-order valence-corrected chi connectivity index (χ1v) is 7.81. The Hall–Kier alpha value is -1.20. The van der Waals surface area contributed by atoms with E-state index in [2.05, 4.69) is 21.2 Å². The molecule has 1 unspecified atom stereocenters. The predicted molar refractivity (Wildman–Crippen MR) is 82.3 cm³/mol. The Morgan fingerprint density at radius 2 is 1.95 bits per heavy atom. The van der Waals surface area contributed by atoms with E-state index in [4.69, 9.17) is 4.42 Å². The van der Waals surface area contributed by atoms with Gasteiger partial charge >= 0.3 is 0 Å². The van der Waals surface area contributed by atoms with Crippen molar-refractivity contribution in [3.63, 3.8) is 0 Å². The summed E-state index contributed by atoms with van der Waals surface area (Å²) in [7, 11) is 0. The van der Waals surface area contributed by atoms with Crippen LogP contribution in [0.5, 0.6) is 0 Å². The van der Waals surface area contributed by atoms with E-state index in [1.54, 1.807) is 6.26 Å². The van der Waals surface area contributed by atoms with Crippen LogP contribution in [0.25, 0.3) is 0 Å². The number of nitrogens with one attached hydrogen (secondary N) is 1. The summed E-state index contributed by atoms with van der Waals surface area (Å²) in [6.07, 6.45) is 3.19. The number of aryl methyl sites for hydroxylation is 1. The minimum absolute atomic E-state index is 0.126. The quantitative estimate of drug-likeness (QED) is 0.738. The molecular weight excluding hydrogens is 340 g/mol. The highest BCUT2D eigenvalue weighted by molar-refractivity contribution is 9.10. The molecule has 114 valence electrons. The van der Waals surface area contributed by atoms with Gasteiger partial charge in [0.2, 0.25) is 0 Å². The fourth-order valence-electron chi connectivity index (χ4n) is 2.33. The van der Waals surface area contributed by atoms with Gasteiger partial charge in [-0.1, -0.05) is 13.8 Å². The molecule has 1 heterocycles. The van der Waals surface area contributed by atoms with Crippen molar-refractivity contribution < 1.29 is 13.2 Å². The van der Waals surface area contributed by atoms with Gasteiger partial charge in [-0.15, -0.1) is 0 Å². The summed E-state index contributed by atoms with van der Waals surface area (Å²) in [6.45, 7) is 4.70.